The zero-order valence-electron chi connectivity index (χ0n) is 9.14. The summed E-state index contributed by atoms with van der Waals surface area (Å²) in [5.41, 5.74) is 1.82. The van der Waals surface area contributed by atoms with Gasteiger partial charge in [-0.05, 0) is 13.0 Å². The van der Waals surface area contributed by atoms with Crippen molar-refractivity contribution >= 4 is 11.6 Å². The Kier molecular flexibility index (Phi) is 3.10. The summed E-state index contributed by atoms with van der Waals surface area (Å²) >= 11 is 5.81. The van der Waals surface area contributed by atoms with Gasteiger partial charge >= 0.3 is 0 Å². The van der Waals surface area contributed by atoms with E-state index in [4.69, 9.17) is 16.3 Å². The van der Waals surface area contributed by atoms with E-state index in [1.165, 1.54) is 0 Å². The van der Waals surface area contributed by atoms with E-state index < -0.39 is 0 Å². The van der Waals surface area contributed by atoms with E-state index in [2.05, 4.69) is 10.1 Å². The van der Waals surface area contributed by atoms with E-state index in [9.17, 15) is 0 Å². The second kappa shape index (κ2) is 4.53. The van der Waals surface area contributed by atoms with Crippen molar-refractivity contribution in [3.05, 3.63) is 35.8 Å². The molecule has 0 unspecified atom stereocenters. The molecule has 0 saturated heterocycles. The first kappa shape index (κ1) is 11.0. The molecule has 2 heterocycles. The molecule has 2 aromatic rings. The van der Waals surface area contributed by atoms with Gasteiger partial charge in [-0.15, -0.1) is 11.6 Å². The molecule has 0 bridgehead atoms. The predicted molar refractivity (Wildman–Crippen MR) is 61.8 cm³/mol. The van der Waals surface area contributed by atoms with Crippen LogP contribution < -0.4 is 4.74 Å². The minimum absolute atomic E-state index is 0.398. The first-order valence-electron chi connectivity index (χ1n) is 4.88. The summed E-state index contributed by atoms with van der Waals surface area (Å²) in [6, 6.07) is 3.70. The van der Waals surface area contributed by atoms with Crippen LogP contribution >= 0.6 is 11.6 Å². The maximum Gasteiger partial charge on any atom is 0.217 e. The van der Waals surface area contributed by atoms with Crippen LogP contribution in [0.5, 0.6) is 11.6 Å². The third-order valence-electron chi connectivity index (χ3n) is 2.19. The number of aromatic nitrogens is 3. The normalized spacial score (nSPS) is 10.4. The van der Waals surface area contributed by atoms with Crippen molar-refractivity contribution in [2.24, 2.45) is 7.05 Å². The Labute approximate surface area is 98.8 Å². The molecule has 16 heavy (non-hydrogen) atoms. The highest BCUT2D eigenvalue weighted by Gasteiger charge is 2.07. The van der Waals surface area contributed by atoms with Crippen molar-refractivity contribution in [1.82, 2.24) is 14.8 Å². The highest BCUT2D eigenvalue weighted by molar-refractivity contribution is 6.17. The van der Waals surface area contributed by atoms with Crippen LogP contribution in [-0.4, -0.2) is 14.8 Å². The topological polar surface area (TPSA) is 39.9 Å². The summed E-state index contributed by atoms with van der Waals surface area (Å²) in [5.74, 6) is 1.74. The maximum absolute atomic E-state index is 5.81. The summed E-state index contributed by atoms with van der Waals surface area (Å²) in [6.45, 7) is 1.92. The number of ether oxygens (including phenoxy) is 1. The van der Waals surface area contributed by atoms with Crippen LogP contribution in [0.15, 0.2) is 24.5 Å². The quantitative estimate of drug-likeness (QED) is 0.771. The Bertz CT molecular complexity index is 496. The number of aryl methyl sites for hydroxylation is 2. The molecular formula is C11H12ClN3O. The Morgan fingerprint density at radius 1 is 1.50 bits per heavy atom. The van der Waals surface area contributed by atoms with Crippen LogP contribution in [0, 0.1) is 6.92 Å². The summed E-state index contributed by atoms with van der Waals surface area (Å²) in [6.07, 6.45) is 3.35. The van der Waals surface area contributed by atoms with E-state index in [1.807, 2.05) is 26.1 Å². The molecule has 2 rings (SSSR count). The second-order valence-corrected chi connectivity index (χ2v) is 3.73. The number of nitrogens with zero attached hydrogens (tertiary/aromatic N) is 3. The summed E-state index contributed by atoms with van der Waals surface area (Å²) < 4.78 is 7.39. The van der Waals surface area contributed by atoms with Gasteiger partial charge in [-0.25, -0.2) is 4.68 Å². The van der Waals surface area contributed by atoms with E-state index in [1.54, 1.807) is 17.1 Å². The number of hydrogen-bond donors (Lipinski definition) is 0. The molecule has 2 aromatic heterocycles. The van der Waals surface area contributed by atoms with Crippen molar-refractivity contribution < 1.29 is 4.74 Å². The lowest BCUT2D eigenvalue weighted by Gasteiger charge is -2.07. The molecule has 0 saturated carbocycles. The van der Waals surface area contributed by atoms with Crippen LogP contribution in [-0.2, 0) is 12.9 Å². The molecule has 0 aliphatic carbocycles. The van der Waals surface area contributed by atoms with Gasteiger partial charge in [-0.2, -0.15) is 5.10 Å². The van der Waals surface area contributed by atoms with E-state index in [0.717, 1.165) is 11.3 Å². The zero-order valence-corrected chi connectivity index (χ0v) is 9.90. The SMILES string of the molecule is Cc1cc(Oc2cnccc2CCl)n(C)n1. The summed E-state index contributed by atoms with van der Waals surface area (Å²) in [4.78, 5) is 4.01. The third kappa shape index (κ3) is 2.17. The lowest BCUT2D eigenvalue weighted by Crippen LogP contribution is -1.97. The molecule has 4 nitrogen and oxygen atoms in total. The lowest BCUT2D eigenvalue weighted by molar-refractivity contribution is 0.425. The Hall–Kier alpha value is -1.55. The molecule has 0 atom stereocenters. The molecule has 5 heteroatoms. The van der Waals surface area contributed by atoms with Crippen LogP contribution in [0.25, 0.3) is 0 Å². The van der Waals surface area contributed by atoms with E-state index in [0.29, 0.717) is 17.5 Å². The fourth-order valence-electron chi connectivity index (χ4n) is 1.41. The van der Waals surface area contributed by atoms with Crippen molar-refractivity contribution in [1.29, 1.82) is 0 Å². The first-order chi connectivity index (χ1) is 7.70. The minimum Gasteiger partial charge on any atom is -0.437 e. The van der Waals surface area contributed by atoms with Gasteiger partial charge in [0.25, 0.3) is 0 Å². The molecule has 0 spiro atoms. The molecule has 84 valence electrons. The number of alkyl halides is 1. The van der Waals surface area contributed by atoms with Crippen LogP contribution in [0.4, 0.5) is 0 Å². The van der Waals surface area contributed by atoms with Gasteiger partial charge in [0.05, 0.1) is 17.8 Å². The van der Waals surface area contributed by atoms with E-state index in [-0.39, 0.29) is 0 Å². The third-order valence-corrected chi connectivity index (χ3v) is 2.48. The number of hydrogen-bond acceptors (Lipinski definition) is 3. The molecule has 0 radical (unpaired) electrons. The standard InChI is InChI=1S/C11H12ClN3O/c1-8-5-11(15(2)14-8)16-10-7-13-4-3-9(10)6-12/h3-5,7H,6H2,1-2H3. The van der Waals surface area contributed by atoms with Crippen LogP contribution in [0.1, 0.15) is 11.3 Å². The van der Waals surface area contributed by atoms with Gasteiger partial charge in [-0.3, -0.25) is 4.98 Å². The number of pyridine rings is 1. The Balaban J connectivity index is 2.30. The number of halogens is 1. The largest absolute Gasteiger partial charge is 0.437 e. The average molecular weight is 238 g/mol. The second-order valence-electron chi connectivity index (χ2n) is 3.47. The zero-order chi connectivity index (χ0) is 11.5. The lowest BCUT2D eigenvalue weighted by atomic mass is 10.3. The first-order valence-corrected chi connectivity index (χ1v) is 5.41. The van der Waals surface area contributed by atoms with Crippen molar-refractivity contribution in [3.63, 3.8) is 0 Å². The van der Waals surface area contributed by atoms with Gasteiger partial charge in [0.1, 0.15) is 0 Å². The maximum atomic E-state index is 5.81. The Morgan fingerprint density at radius 2 is 2.31 bits per heavy atom. The molecule has 0 aliphatic rings. The van der Waals surface area contributed by atoms with Crippen LogP contribution in [0.3, 0.4) is 0 Å². The molecular weight excluding hydrogens is 226 g/mol. The van der Waals surface area contributed by atoms with Gasteiger partial charge in [0, 0.05) is 24.9 Å². The van der Waals surface area contributed by atoms with Crippen molar-refractivity contribution in [2.75, 3.05) is 0 Å². The summed E-state index contributed by atoms with van der Waals surface area (Å²) in [7, 11) is 1.83. The van der Waals surface area contributed by atoms with Crippen LogP contribution in [0.2, 0.25) is 0 Å². The molecule has 0 amide bonds. The molecule has 0 aromatic carbocycles. The molecule has 0 fully saturated rings. The minimum atomic E-state index is 0.398. The highest BCUT2D eigenvalue weighted by atomic mass is 35.5. The predicted octanol–water partition coefficient (Wildman–Crippen LogP) is 2.65. The van der Waals surface area contributed by atoms with Gasteiger partial charge in [-0.1, -0.05) is 0 Å². The van der Waals surface area contributed by atoms with Gasteiger partial charge in [0.15, 0.2) is 5.75 Å². The van der Waals surface area contributed by atoms with E-state index >= 15 is 0 Å². The molecule has 0 aliphatic heterocycles. The monoisotopic (exact) mass is 237 g/mol. The highest BCUT2D eigenvalue weighted by Crippen LogP contribution is 2.25. The fourth-order valence-corrected chi connectivity index (χ4v) is 1.63. The average Bonchev–Trinajstić information content (AvgIpc) is 2.58. The van der Waals surface area contributed by atoms with Crippen molar-refractivity contribution in [3.8, 4) is 11.6 Å². The summed E-state index contributed by atoms with van der Waals surface area (Å²) in [5, 5.41) is 4.20. The Morgan fingerprint density at radius 3 is 2.94 bits per heavy atom. The molecule has 0 N–H and O–H groups in total. The fraction of sp³-hybridized carbons (Fsp3) is 0.273. The van der Waals surface area contributed by atoms with Gasteiger partial charge < -0.3 is 4.74 Å². The van der Waals surface area contributed by atoms with Crippen molar-refractivity contribution in [2.45, 2.75) is 12.8 Å². The smallest absolute Gasteiger partial charge is 0.217 e. The van der Waals surface area contributed by atoms with Gasteiger partial charge in [0.2, 0.25) is 5.88 Å². The number of rotatable bonds is 3.